The molecule has 0 bridgehead atoms. The van der Waals surface area contributed by atoms with Crippen LogP contribution in [0.5, 0.6) is 0 Å². The molecule has 1 saturated heterocycles. The van der Waals surface area contributed by atoms with Gasteiger partial charge in [-0.25, -0.2) is 0 Å². The molecule has 0 spiro atoms. The van der Waals surface area contributed by atoms with E-state index in [2.05, 4.69) is 0 Å². The van der Waals surface area contributed by atoms with Gasteiger partial charge in [-0.1, -0.05) is 34.8 Å². The van der Waals surface area contributed by atoms with E-state index in [0.29, 0.717) is 0 Å². The number of rotatable bonds is 6. The van der Waals surface area contributed by atoms with Crippen molar-refractivity contribution >= 4 is 64.6 Å². The fourth-order valence-corrected chi connectivity index (χ4v) is 2.60. The van der Waals surface area contributed by atoms with Gasteiger partial charge in [-0.05, 0) is 0 Å². The molecule has 0 radical (unpaired) electrons. The SMILES string of the molecule is CC(=O)OC[C@@H]1O[C@@H](OC(=N)C(Cl)(Cl)Cl)[C@H](OC(C)=O)[C@H](OC(C)=O)[C@H]1OC(C)=O. The Labute approximate surface area is 186 Å². The second-order valence-electron chi connectivity index (χ2n) is 6.01. The molecule has 0 aromatic heterocycles. The minimum absolute atomic E-state index is 0.460. The Balaban J connectivity index is 3.37. The fraction of sp³-hybridized carbons (Fsp3) is 0.688. The monoisotopic (exact) mass is 491 g/mol. The van der Waals surface area contributed by atoms with Gasteiger partial charge in [0.2, 0.25) is 18.3 Å². The smallest absolute Gasteiger partial charge is 0.303 e. The summed E-state index contributed by atoms with van der Waals surface area (Å²) < 4.78 is 28.9. The lowest BCUT2D eigenvalue weighted by Gasteiger charge is -2.44. The van der Waals surface area contributed by atoms with Gasteiger partial charge in [0.1, 0.15) is 12.7 Å². The van der Waals surface area contributed by atoms with E-state index >= 15 is 0 Å². The summed E-state index contributed by atoms with van der Waals surface area (Å²) in [4.78, 5) is 46.1. The van der Waals surface area contributed by atoms with Gasteiger partial charge >= 0.3 is 23.9 Å². The first-order chi connectivity index (χ1) is 13.7. The fourth-order valence-electron chi connectivity index (χ4n) is 2.47. The highest BCUT2D eigenvalue weighted by Crippen LogP contribution is 2.33. The molecule has 14 heteroatoms. The van der Waals surface area contributed by atoms with E-state index in [9.17, 15) is 19.2 Å². The van der Waals surface area contributed by atoms with E-state index < -0.39 is 70.9 Å². The Bertz CT molecular complexity index is 695. The van der Waals surface area contributed by atoms with Gasteiger partial charge in [-0.3, -0.25) is 24.6 Å². The van der Waals surface area contributed by atoms with Crippen molar-refractivity contribution in [3.63, 3.8) is 0 Å². The number of carbonyl (C=O) groups excluding carboxylic acids is 4. The second kappa shape index (κ2) is 11.0. The molecule has 0 aromatic carbocycles. The zero-order valence-corrected chi connectivity index (χ0v) is 18.6. The predicted octanol–water partition coefficient (Wildman–Crippen LogP) is 1.43. The molecule has 0 amide bonds. The normalized spacial score (nSPS) is 26.2. The molecule has 0 unspecified atom stereocenters. The molecule has 0 aliphatic carbocycles. The highest BCUT2D eigenvalue weighted by Gasteiger charge is 2.54. The van der Waals surface area contributed by atoms with Crippen molar-refractivity contribution in [3.05, 3.63) is 0 Å². The van der Waals surface area contributed by atoms with Crippen molar-refractivity contribution in [2.45, 2.75) is 62.2 Å². The van der Waals surface area contributed by atoms with Crippen molar-refractivity contribution in [2.24, 2.45) is 0 Å². The van der Waals surface area contributed by atoms with Gasteiger partial charge in [0, 0.05) is 27.7 Å². The van der Waals surface area contributed by atoms with Crippen LogP contribution in [0.2, 0.25) is 0 Å². The van der Waals surface area contributed by atoms with Crippen molar-refractivity contribution in [2.75, 3.05) is 6.61 Å². The molecular weight excluding hydrogens is 473 g/mol. The minimum atomic E-state index is -2.29. The van der Waals surface area contributed by atoms with Gasteiger partial charge in [-0.2, -0.15) is 0 Å². The topological polar surface area (TPSA) is 148 Å². The zero-order valence-electron chi connectivity index (χ0n) is 16.3. The van der Waals surface area contributed by atoms with Crippen LogP contribution in [0.1, 0.15) is 27.7 Å². The number of hydrogen-bond acceptors (Lipinski definition) is 11. The van der Waals surface area contributed by atoms with Crippen LogP contribution in [0, 0.1) is 5.41 Å². The van der Waals surface area contributed by atoms with Crippen LogP contribution in [0.15, 0.2) is 0 Å². The van der Waals surface area contributed by atoms with Gasteiger partial charge in [-0.15, -0.1) is 0 Å². The molecule has 1 N–H and O–H groups in total. The molecule has 5 atom stereocenters. The average Bonchev–Trinajstić information content (AvgIpc) is 2.56. The number of esters is 4. The molecule has 11 nitrogen and oxygen atoms in total. The lowest BCUT2D eigenvalue weighted by molar-refractivity contribution is -0.292. The number of ether oxygens (including phenoxy) is 6. The van der Waals surface area contributed by atoms with Gasteiger partial charge in [0.25, 0.3) is 3.79 Å². The lowest BCUT2D eigenvalue weighted by atomic mass is 9.98. The van der Waals surface area contributed by atoms with Crippen molar-refractivity contribution < 1.29 is 47.6 Å². The van der Waals surface area contributed by atoms with E-state index in [1.54, 1.807) is 0 Å². The standard InChI is InChI=1S/C16H20Cl3NO10/c1-6(21)25-5-10-11(26-7(2)22)12(27-8(3)23)13(28-9(4)24)14(29-10)30-15(20)16(17,18)19/h10-14,20H,5H2,1-4H3/t10-,11-,12+,13+,14-/m0/s1. The van der Waals surface area contributed by atoms with Gasteiger partial charge in [0.15, 0.2) is 12.2 Å². The van der Waals surface area contributed by atoms with Crippen LogP contribution in [0.4, 0.5) is 0 Å². The highest BCUT2D eigenvalue weighted by molar-refractivity contribution is 6.76. The minimum Gasteiger partial charge on any atom is -0.463 e. The average molecular weight is 493 g/mol. The molecule has 0 saturated carbocycles. The highest BCUT2D eigenvalue weighted by atomic mass is 35.6. The maximum absolute atomic E-state index is 11.7. The summed E-state index contributed by atoms with van der Waals surface area (Å²) in [6.07, 6.45) is -7.25. The molecule has 1 aliphatic heterocycles. The third-order valence-corrected chi connectivity index (χ3v) is 3.95. The molecule has 1 rings (SSSR count). The van der Waals surface area contributed by atoms with Gasteiger partial charge < -0.3 is 28.4 Å². The van der Waals surface area contributed by atoms with Gasteiger partial charge in [0.05, 0.1) is 0 Å². The van der Waals surface area contributed by atoms with E-state index in [0.717, 1.165) is 27.7 Å². The van der Waals surface area contributed by atoms with Crippen LogP contribution in [0.25, 0.3) is 0 Å². The second-order valence-corrected chi connectivity index (χ2v) is 8.29. The molecule has 170 valence electrons. The van der Waals surface area contributed by atoms with Crippen LogP contribution < -0.4 is 0 Å². The summed E-state index contributed by atoms with van der Waals surface area (Å²) in [6, 6.07) is 0. The van der Waals surface area contributed by atoms with E-state index in [1.807, 2.05) is 0 Å². The third-order valence-electron chi connectivity index (χ3n) is 3.44. The maximum Gasteiger partial charge on any atom is 0.303 e. The summed E-state index contributed by atoms with van der Waals surface area (Å²) in [6.45, 7) is 3.86. The molecule has 1 fully saturated rings. The van der Waals surface area contributed by atoms with Crippen LogP contribution in [-0.4, -0.2) is 70.9 Å². The van der Waals surface area contributed by atoms with Crippen LogP contribution in [-0.2, 0) is 47.6 Å². The predicted molar refractivity (Wildman–Crippen MR) is 101 cm³/mol. The summed E-state index contributed by atoms with van der Waals surface area (Å²) in [5.41, 5.74) is 0. The first kappa shape index (κ1) is 26.2. The van der Waals surface area contributed by atoms with Crippen molar-refractivity contribution in [3.8, 4) is 0 Å². The Morgan fingerprint density at radius 1 is 0.800 bits per heavy atom. The Morgan fingerprint density at radius 3 is 1.70 bits per heavy atom. The number of nitrogens with one attached hydrogen (secondary N) is 1. The Morgan fingerprint density at radius 2 is 1.27 bits per heavy atom. The van der Waals surface area contributed by atoms with E-state index in [4.69, 9.17) is 68.6 Å². The molecular formula is C16H20Cl3NO10. The Kier molecular flexibility index (Phi) is 9.60. The first-order valence-corrected chi connectivity index (χ1v) is 9.48. The Hall–Kier alpha value is -1.82. The first-order valence-electron chi connectivity index (χ1n) is 8.35. The molecule has 1 aliphatic rings. The number of alkyl halides is 3. The van der Waals surface area contributed by atoms with Crippen LogP contribution in [0.3, 0.4) is 0 Å². The number of carbonyl (C=O) groups is 4. The molecule has 1 heterocycles. The largest absolute Gasteiger partial charge is 0.463 e. The lowest BCUT2D eigenvalue weighted by Crippen LogP contribution is -2.63. The molecule has 30 heavy (non-hydrogen) atoms. The summed E-state index contributed by atoms with van der Waals surface area (Å²) >= 11 is 16.8. The summed E-state index contributed by atoms with van der Waals surface area (Å²) in [5.74, 6) is -4.03. The zero-order chi connectivity index (χ0) is 23.2. The summed E-state index contributed by atoms with van der Waals surface area (Å²) in [7, 11) is 0. The van der Waals surface area contributed by atoms with E-state index in [1.165, 1.54) is 0 Å². The summed E-state index contributed by atoms with van der Waals surface area (Å²) in [5, 5.41) is 7.74. The maximum atomic E-state index is 11.7. The quantitative estimate of drug-likeness (QED) is 0.190. The van der Waals surface area contributed by atoms with Crippen LogP contribution >= 0.6 is 34.8 Å². The molecule has 0 aromatic rings. The van der Waals surface area contributed by atoms with E-state index in [-0.39, 0.29) is 0 Å². The number of hydrogen-bond donors (Lipinski definition) is 1. The third kappa shape index (κ3) is 8.13. The number of halogens is 3. The van der Waals surface area contributed by atoms with Crippen molar-refractivity contribution in [1.82, 2.24) is 0 Å². The van der Waals surface area contributed by atoms with Crippen molar-refractivity contribution in [1.29, 1.82) is 5.41 Å².